The van der Waals surface area contributed by atoms with E-state index < -0.39 is 17.5 Å². The molecule has 0 saturated carbocycles. The summed E-state index contributed by atoms with van der Waals surface area (Å²) in [4.78, 5) is 5.54. The highest BCUT2D eigenvalue weighted by Gasteiger charge is 2.52. The first-order chi connectivity index (χ1) is 20.9. The van der Waals surface area contributed by atoms with Gasteiger partial charge in [-0.15, -0.1) is 23.1 Å². The second kappa shape index (κ2) is 14.4. The third-order valence-electron chi connectivity index (χ3n) is 6.56. The van der Waals surface area contributed by atoms with Gasteiger partial charge in [-0.2, -0.15) is 19.0 Å². The summed E-state index contributed by atoms with van der Waals surface area (Å²) < 4.78 is 34.0. The van der Waals surface area contributed by atoms with Crippen LogP contribution in [0.25, 0.3) is 10.6 Å². The molecule has 1 aromatic heterocycles. The average molecular weight is 645 g/mol. The van der Waals surface area contributed by atoms with E-state index in [0.29, 0.717) is 0 Å². The van der Waals surface area contributed by atoms with Gasteiger partial charge in [0.2, 0.25) is 5.44 Å². The fraction of sp³-hybridized carbons (Fsp3) is 0.0294. The van der Waals surface area contributed by atoms with Crippen LogP contribution in [0.15, 0.2) is 156 Å². The Balaban J connectivity index is 0.000000682. The minimum absolute atomic E-state index is 0.905. The van der Waals surface area contributed by atoms with E-state index in [0.717, 1.165) is 16.3 Å². The Bertz CT molecular complexity index is 1600. The Morgan fingerprint density at radius 2 is 0.977 bits per heavy atom. The van der Waals surface area contributed by atoms with Crippen LogP contribution in [0.3, 0.4) is 0 Å². The van der Waals surface area contributed by atoms with Crippen molar-refractivity contribution in [1.29, 1.82) is 0 Å². The summed E-state index contributed by atoms with van der Waals surface area (Å²) in [7, 11) is -6.98. The lowest BCUT2D eigenvalue weighted by atomic mass is 10.2. The molecule has 6 aromatic rings. The lowest BCUT2D eigenvalue weighted by molar-refractivity contribution is -1.92. The molecular formula is C34H28ClNO4PS2+. The fourth-order valence-corrected chi connectivity index (χ4v) is 12.0. The molecule has 0 unspecified atom stereocenters. The zero-order chi connectivity index (χ0) is 30.1. The predicted molar refractivity (Wildman–Crippen MR) is 171 cm³/mol. The van der Waals surface area contributed by atoms with E-state index in [9.17, 15) is 0 Å². The van der Waals surface area contributed by atoms with Crippen LogP contribution in [0, 0.1) is 10.2 Å². The van der Waals surface area contributed by atoms with Crippen molar-refractivity contribution in [3.63, 3.8) is 0 Å². The smallest absolute Gasteiger partial charge is 0.200 e. The number of aromatic nitrogens is 1. The van der Waals surface area contributed by atoms with Gasteiger partial charge in [-0.1, -0.05) is 115 Å². The van der Waals surface area contributed by atoms with Crippen molar-refractivity contribution in [2.45, 2.75) is 9.96 Å². The standard InChI is InChI=1S/C34H27NPS2.ClHO4/c1-6-16-27(17-7-1)26-37-34-32(35-33(38-34)28-18-8-2-9-19-28)36(29-20-10-3-11-21-29,30-22-12-4-13-23-30)31-24-14-5-15-25-31;2-1(3,4)5/h1-25H,26H2;(H,2,3,4,5)/q+1;. The largest absolute Gasteiger partial charge is 0.223 e. The minimum atomic E-state index is -4.69. The summed E-state index contributed by atoms with van der Waals surface area (Å²) in [5.41, 5.74) is 3.68. The third-order valence-corrected chi connectivity index (χ3v) is 13.5. The van der Waals surface area contributed by atoms with Crippen LogP contribution < -0.4 is 35.3 Å². The first-order valence-electron chi connectivity index (χ1n) is 13.3. The van der Waals surface area contributed by atoms with E-state index in [1.807, 2.05) is 23.1 Å². The van der Waals surface area contributed by atoms with E-state index in [1.54, 1.807) is 0 Å². The lowest BCUT2D eigenvalue weighted by Crippen LogP contribution is -2.58. The minimum Gasteiger partial charge on any atom is -0.200 e. The highest BCUT2D eigenvalue weighted by molar-refractivity contribution is 8.05. The van der Waals surface area contributed by atoms with Gasteiger partial charge in [-0.25, -0.2) is 0 Å². The zero-order valence-corrected chi connectivity index (χ0v) is 26.2. The monoisotopic (exact) mass is 644 g/mol. The quantitative estimate of drug-likeness (QED) is 0.201. The molecule has 0 radical (unpaired) electrons. The summed E-state index contributed by atoms with van der Waals surface area (Å²) in [6.07, 6.45) is 0. The van der Waals surface area contributed by atoms with Crippen molar-refractivity contribution in [2.24, 2.45) is 0 Å². The Hall–Kier alpha value is -3.36. The molecular weight excluding hydrogens is 617 g/mol. The molecule has 0 saturated heterocycles. The Labute approximate surface area is 262 Å². The zero-order valence-electron chi connectivity index (χ0n) is 22.9. The van der Waals surface area contributed by atoms with Crippen molar-refractivity contribution in [1.82, 2.24) is 4.98 Å². The van der Waals surface area contributed by atoms with Crippen LogP contribution in [0.2, 0.25) is 0 Å². The molecule has 0 bridgehead atoms. The maximum atomic E-state index is 8.60. The summed E-state index contributed by atoms with van der Waals surface area (Å²) >= 11 is 3.73. The Morgan fingerprint density at radius 3 is 1.40 bits per heavy atom. The maximum absolute atomic E-state index is 8.60. The van der Waals surface area contributed by atoms with E-state index >= 15 is 0 Å². The number of halogens is 1. The van der Waals surface area contributed by atoms with Crippen LogP contribution in [0.4, 0.5) is 0 Å². The normalized spacial score (nSPS) is 11.4. The molecule has 0 aliphatic rings. The van der Waals surface area contributed by atoms with Crippen LogP contribution >= 0.6 is 30.4 Å². The molecule has 5 aromatic carbocycles. The molecule has 216 valence electrons. The van der Waals surface area contributed by atoms with Gasteiger partial charge >= 0.3 is 0 Å². The van der Waals surface area contributed by atoms with E-state index in [1.165, 1.54) is 31.1 Å². The first-order valence-corrected chi connectivity index (χ1v) is 18.1. The van der Waals surface area contributed by atoms with Crippen molar-refractivity contribution >= 4 is 51.7 Å². The lowest BCUT2D eigenvalue weighted by Gasteiger charge is -2.26. The second-order valence-electron chi connectivity index (χ2n) is 9.34. The summed E-state index contributed by atoms with van der Waals surface area (Å²) in [5.74, 6) is 0.905. The Morgan fingerprint density at radius 1 is 0.605 bits per heavy atom. The van der Waals surface area contributed by atoms with Crippen molar-refractivity contribution in [3.8, 4) is 10.6 Å². The summed E-state index contributed by atoms with van der Waals surface area (Å²) in [6.45, 7) is 0. The van der Waals surface area contributed by atoms with Gasteiger partial charge in [-0.05, 0) is 42.0 Å². The van der Waals surface area contributed by atoms with Gasteiger partial charge in [-0.3, -0.25) is 0 Å². The van der Waals surface area contributed by atoms with Gasteiger partial charge < -0.3 is 0 Å². The van der Waals surface area contributed by atoms with Gasteiger partial charge in [0, 0.05) is 11.3 Å². The van der Waals surface area contributed by atoms with E-state index in [2.05, 4.69) is 152 Å². The first kappa shape index (κ1) is 31.1. The SMILES string of the molecule is [O-][Cl+3]([O-])([O-])O.c1ccc(CSc2sc(-c3ccccc3)nc2[P+](c2ccccc2)(c2ccccc2)c2ccccc2)cc1. The number of rotatable bonds is 8. The van der Waals surface area contributed by atoms with Crippen LogP contribution in [-0.4, -0.2) is 9.64 Å². The molecule has 0 spiro atoms. The predicted octanol–water partition coefficient (Wildman–Crippen LogP) is 3.60. The maximum Gasteiger partial charge on any atom is 0.223 e. The van der Waals surface area contributed by atoms with Gasteiger partial charge in [0.1, 0.15) is 25.1 Å². The van der Waals surface area contributed by atoms with Crippen LogP contribution in [0.5, 0.6) is 0 Å². The second-order valence-corrected chi connectivity index (χ2v) is 15.7. The van der Waals surface area contributed by atoms with Crippen molar-refractivity contribution in [2.75, 3.05) is 0 Å². The molecule has 5 nitrogen and oxygen atoms in total. The molecule has 1 N–H and O–H groups in total. The number of hydrogen-bond acceptors (Lipinski definition) is 7. The van der Waals surface area contributed by atoms with Crippen LogP contribution in [0.1, 0.15) is 5.56 Å². The number of hydrogen-bond donors (Lipinski definition) is 1. The number of nitrogens with zero attached hydrogens (tertiary/aromatic N) is 1. The molecule has 1 heterocycles. The van der Waals surface area contributed by atoms with E-state index in [-0.39, 0.29) is 0 Å². The average Bonchev–Trinajstić information content (AvgIpc) is 3.47. The van der Waals surface area contributed by atoms with Gasteiger partial charge in [0.25, 0.3) is 0 Å². The molecule has 0 atom stereocenters. The molecule has 0 aliphatic heterocycles. The topological polar surface area (TPSA) is 102 Å². The van der Waals surface area contributed by atoms with E-state index in [4.69, 9.17) is 23.6 Å². The third kappa shape index (κ3) is 7.78. The molecule has 9 heteroatoms. The molecule has 0 aliphatic carbocycles. The van der Waals surface area contributed by atoms with Crippen molar-refractivity contribution in [3.05, 3.63) is 157 Å². The molecule has 6 rings (SSSR count). The molecule has 43 heavy (non-hydrogen) atoms. The number of thioether (sulfide) groups is 1. The van der Waals surface area contributed by atoms with Crippen LogP contribution in [-0.2, 0) is 5.75 Å². The molecule has 0 fully saturated rings. The highest BCUT2D eigenvalue weighted by atomic mass is 35.7. The fourth-order valence-electron chi connectivity index (χ4n) is 4.80. The molecule has 0 amide bonds. The number of benzene rings is 5. The Kier molecular flexibility index (Phi) is 10.4. The summed E-state index contributed by atoms with van der Waals surface area (Å²) in [6, 6.07) is 54.4. The number of thiazole rings is 1. The van der Waals surface area contributed by atoms with Gasteiger partial charge in [0.05, 0.1) is 14.9 Å². The van der Waals surface area contributed by atoms with Crippen molar-refractivity contribution < 1.29 is 28.9 Å². The van der Waals surface area contributed by atoms with Gasteiger partial charge in [0.15, 0.2) is 7.26 Å². The summed E-state index contributed by atoms with van der Waals surface area (Å²) in [5, 5.41) is 5.04. The highest BCUT2D eigenvalue weighted by Crippen LogP contribution is 2.57.